The van der Waals surface area contributed by atoms with E-state index in [1.165, 1.54) is 22.9 Å². The summed E-state index contributed by atoms with van der Waals surface area (Å²) in [7, 11) is -0.354. The van der Waals surface area contributed by atoms with Gasteiger partial charge in [0.15, 0.2) is 5.82 Å². The molecule has 1 atom stereocenters. The Morgan fingerprint density at radius 3 is 2.82 bits per heavy atom. The van der Waals surface area contributed by atoms with Crippen LogP contribution in [0.4, 0.5) is 23.3 Å². The van der Waals surface area contributed by atoms with Gasteiger partial charge >= 0.3 is 0 Å². The first-order valence-electron chi connectivity index (χ1n) is 10.6. The number of nitrogens with zero attached hydrogens (tertiary/aromatic N) is 5. The maximum atomic E-state index is 12.4. The lowest BCUT2D eigenvalue weighted by Gasteiger charge is -2.29. The monoisotopic (exact) mass is 477 g/mol. The Labute approximate surface area is 197 Å². The van der Waals surface area contributed by atoms with E-state index in [0.29, 0.717) is 33.8 Å². The van der Waals surface area contributed by atoms with Gasteiger partial charge in [-0.3, -0.25) is 0 Å². The van der Waals surface area contributed by atoms with E-state index in [1.54, 1.807) is 31.5 Å². The first kappa shape index (κ1) is 21.9. The molecule has 1 aromatic carbocycles. The summed E-state index contributed by atoms with van der Waals surface area (Å²) in [4.78, 5) is 15.7. The molecular weight excluding hydrogens is 453 g/mol. The Hall–Kier alpha value is -2.92. The smallest absolute Gasteiger partial charge is 0.229 e. The number of anilines is 4. The summed E-state index contributed by atoms with van der Waals surface area (Å²) in [6.07, 6.45) is 1.49. The van der Waals surface area contributed by atoms with Gasteiger partial charge in [-0.05, 0) is 61.3 Å². The van der Waals surface area contributed by atoms with Crippen molar-refractivity contribution in [3.63, 3.8) is 0 Å². The average Bonchev–Trinajstić information content (AvgIpc) is 3.17. The van der Waals surface area contributed by atoms with Crippen molar-refractivity contribution in [2.75, 3.05) is 37.6 Å². The molecular formula is C23H24N7OPS. The SMILES string of the molecule is CN1Cc2cc(Nc3ncc(C#N)c(Nc4cccc(P(C)(C)=O)n4)n3)cc3c2C(C1)SC3. The number of nitrogens with one attached hydrogen (secondary N) is 2. The maximum Gasteiger partial charge on any atom is 0.229 e. The summed E-state index contributed by atoms with van der Waals surface area (Å²) >= 11 is 1.99. The summed E-state index contributed by atoms with van der Waals surface area (Å²) < 4.78 is 12.4. The van der Waals surface area contributed by atoms with Gasteiger partial charge in [-0.2, -0.15) is 10.2 Å². The average molecular weight is 478 g/mol. The Morgan fingerprint density at radius 2 is 2.03 bits per heavy atom. The van der Waals surface area contributed by atoms with Gasteiger partial charge in [-0.25, -0.2) is 9.97 Å². The van der Waals surface area contributed by atoms with Crippen LogP contribution >= 0.6 is 18.9 Å². The van der Waals surface area contributed by atoms with Crippen LogP contribution in [0.5, 0.6) is 0 Å². The molecule has 0 spiro atoms. The number of likely N-dealkylation sites (N-methyl/N-ethyl adjacent to an activating group) is 1. The molecule has 33 heavy (non-hydrogen) atoms. The van der Waals surface area contributed by atoms with Crippen LogP contribution in [0.2, 0.25) is 0 Å². The number of thioether (sulfide) groups is 1. The second kappa shape index (κ2) is 8.45. The fourth-order valence-electron chi connectivity index (χ4n) is 4.23. The fourth-order valence-corrected chi connectivity index (χ4v) is 6.48. The lowest BCUT2D eigenvalue weighted by molar-refractivity contribution is 0.311. The molecule has 2 aliphatic rings. The predicted molar refractivity (Wildman–Crippen MR) is 133 cm³/mol. The van der Waals surface area contributed by atoms with Crippen molar-refractivity contribution in [3.8, 4) is 6.07 Å². The van der Waals surface area contributed by atoms with Gasteiger partial charge in [0.2, 0.25) is 5.95 Å². The molecule has 10 heteroatoms. The van der Waals surface area contributed by atoms with Crippen LogP contribution in [-0.2, 0) is 16.9 Å². The summed E-state index contributed by atoms with van der Waals surface area (Å²) in [6.45, 7) is 5.37. The molecule has 0 radical (unpaired) electrons. The second-order valence-corrected chi connectivity index (χ2v) is 13.1. The Bertz CT molecular complexity index is 1330. The number of hydrogen-bond acceptors (Lipinski definition) is 9. The minimum Gasteiger partial charge on any atom is -0.324 e. The highest BCUT2D eigenvalue weighted by atomic mass is 32.2. The molecule has 2 aliphatic heterocycles. The molecule has 5 rings (SSSR count). The minimum absolute atomic E-state index is 0.300. The summed E-state index contributed by atoms with van der Waals surface area (Å²) in [5.41, 5.74) is 5.96. The highest BCUT2D eigenvalue weighted by Gasteiger charge is 2.31. The van der Waals surface area contributed by atoms with Crippen LogP contribution in [0, 0.1) is 11.3 Å². The first-order valence-corrected chi connectivity index (χ1v) is 14.2. The third-order valence-electron chi connectivity index (χ3n) is 5.73. The lowest BCUT2D eigenvalue weighted by Crippen LogP contribution is -2.28. The number of nitriles is 1. The number of pyridine rings is 1. The Balaban J connectivity index is 1.44. The van der Waals surface area contributed by atoms with Crippen molar-refractivity contribution in [1.29, 1.82) is 5.26 Å². The molecule has 4 heterocycles. The first-order chi connectivity index (χ1) is 15.8. The van der Waals surface area contributed by atoms with E-state index in [-0.39, 0.29) is 0 Å². The molecule has 0 fully saturated rings. The van der Waals surface area contributed by atoms with E-state index in [4.69, 9.17) is 0 Å². The lowest BCUT2D eigenvalue weighted by atomic mass is 9.94. The van der Waals surface area contributed by atoms with Crippen molar-refractivity contribution in [3.05, 3.63) is 58.8 Å². The van der Waals surface area contributed by atoms with Crippen molar-refractivity contribution >= 4 is 47.6 Å². The Morgan fingerprint density at radius 1 is 1.21 bits per heavy atom. The molecule has 0 bridgehead atoms. The van der Waals surface area contributed by atoms with Crippen molar-refractivity contribution < 1.29 is 4.57 Å². The normalized spacial score (nSPS) is 17.3. The standard InChI is InChI=1S/C23H24N7OPS/c1-30-11-14-7-17(8-15-13-33-18(12-30)21(14)15)26-23-25-10-16(9-24)22(29-23)28-19-5-4-6-20(27-19)32(2,3)31/h4-8,10,18H,11-13H2,1-3H3,(H2,25,26,27,28,29). The van der Waals surface area contributed by atoms with Gasteiger partial charge in [-0.1, -0.05) is 6.07 Å². The third-order valence-corrected chi connectivity index (χ3v) is 8.35. The quantitative estimate of drug-likeness (QED) is 0.523. The van der Waals surface area contributed by atoms with E-state index in [1.807, 2.05) is 11.8 Å². The third kappa shape index (κ3) is 4.47. The molecule has 2 N–H and O–H groups in total. The van der Waals surface area contributed by atoms with Gasteiger partial charge < -0.3 is 20.1 Å². The van der Waals surface area contributed by atoms with Crippen LogP contribution in [0.25, 0.3) is 0 Å². The Kier molecular flexibility index (Phi) is 5.61. The van der Waals surface area contributed by atoms with Gasteiger partial charge in [0, 0.05) is 29.8 Å². The summed E-state index contributed by atoms with van der Waals surface area (Å²) in [6, 6.07) is 11.7. The van der Waals surface area contributed by atoms with Crippen LogP contribution in [0.15, 0.2) is 36.5 Å². The van der Waals surface area contributed by atoms with Crippen molar-refractivity contribution in [1.82, 2.24) is 19.9 Å². The largest absolute Gasteiger partial charge is 0.324 e. The number of aromatic nitrogens is 3. The maximum absolute atomic E-state index is 12.4. The van der Waals surface area contributed by atoms with E-state index in [2.05, 4.69) is 55.7 Å². The predicted octanol–water partition coefficient (Wildman–Crippen LogP) is 4.21. The summed E-state index contributed by atoms with van der Waals surface area (Å²) in [5.74, 6) is 2.23. The molecule has 0 aliphatic carbocycles. The van der Waals surface area contributed by atoms with Crippen LogP contribution in [0.3, 0.4) is 0 Å². The zero-order chi connectivity index (χ0) is 23.2. The molecule has 2 aromatic heterocycles. The van der Waals surface area contributed by atoms with Gasteiger partial charge in [0.1, 0.15) is 30.0 Å². The molecule has 1 unspecified atom stereocenters. The number of benzene rings is 1. The molecule has 168 valence electrons. The van der Waals surface area contributed by atoms with Crippen LogP contribution in [0.1, 0.15) is 27.5 Å². The molecule has 0 saturated carbocycles. The number of rotatable bonds is 5. The molecule has 0 amide bonds. The number of hydrogen-bond donors (Lipinski definition) is 2. The van der Waals surface area contributed by atoms with Gasteiger partial charge in [0.05, 0.1) is 6.20 Å². The fraction of sp³-hybridized carbons (Fsp3) is 0.304. The summed E-state index contributed by atoms with van der Waals surface area (Å²) in [5, 5.41) is 16.5. The van der Waals surface area contributed by atoms with Crippen molar-refractivity contribution in [2.45, 2.75) is 17.5 Å². The molecule has 3 aromatic rings. The molecule has 8 nitrogen and oxygen atoms in total. The van der Waals surface area contributed by atoms with E-state index in [9.17, 15) is 9.83 Å². The highest BCUT2D eigenvalue weighted by molar-refractivity contribution is 7.99. The van der Waals surface area contributed by atoms with Crippen LogP contribution in [-0.4, -0.2) is 46.8 Å². The van der Waals surface area contributed by atoms with Gasteiger partial charge in [-0.15, -0.1) is 11.8 Å². The van der Waals surface area contributed by atoms with E-state index < -0.39 is 7.14 Å². The van der Waals surface area contributed by atoms with Crippen molar-refractivity contribution in [2.24, 2.45) is 0 Å². The van der Waals surface area contributed by atoms with E-state index in [0.717, 1.165) is 24.5 Å². The zero-order valence-electron chi connectivity index (χ0n) is 18.7. The molecule has 0 saturated heterocycles. The zero-order valence-corrected chi connectivity index (χ0v) is 20.4. The topological polar surface area (TPSA) is 107 Å². The second-order valence-electron chi connectivity index (χ2n) is 8.75. The van der Waals surface area contributed by atoms with E-state index >= 15 is 0 Å². The highest BCUT2D eigenvalue weighted by Crippen LogP contribution is 2.47. The van der Waals surface area contributed by atoms with Gasteiger partial charge in [0.25, 0.3) is 0 Å². The minimum atomic E-state index is -2.51. The van der Waals surface area contributed by atoms with Crippen LogP contribution < -0.4 is 16.1 Å².